The highest BCUT2D eigenvalue weighted by molar-refractivity contribution is 7.19. The average molecular weight is 280 g/mol. The maximum atomic E-state index is 13.2. The van der Waals surface area contributed by atoms with Gasteiger partial charge in [-0.2, -0.15) is 9.61 Å². The van der Waals surface area contributed by atoms with Gasteiger partial charge in [-0.1, -0.05) is 11.3 Å². The zero-order chi connectivity index (χ0) is 13.4. The third-order valence-corrected chi connectivity index (χ3v) is 3.45. The minimum absolute atomic E-state index is 0.0281. The predicted molar refractivity (Wildman–Crippen MR) is 66.4 cm³/mol. The first-order valence-electron chi connectivity index (χ1n) is 5.38. The van der Waals surface area contributed by atoms with E-state index in [-0.39, 0.29) is 12.4 Å². The van der Waals surface area contributed by atoms with Crippen LogP contribution >= 0.6 is 11.3 Å². The van der Waals surface area contributed by atoms with Gasteiger partial charge in [0.15, 0.2) is 10.8 Å². The van der Waals surface area contributed by atoms with E-state index in [1.54, 1.807) is 7.11 Å². The maximum Gasteiger partial charge on any atom is 0.235 e. The number of nitrogens with zero attached hydrogens (tertiary/aromatic N) is 4. The first kappa shape index (κ1) is 12.0. The number of fused-ring (bicyclic) bond motifs is 1. The molecule has 0 radical (unpaired) electrons. The van der Waals surface area contributed by atoms with Crippen molar-refractivity contribution in [1.82, 2.24) is 19.8 Å². The topological polar surface area (TPSA) is 72.5 Å². The number of phenolic OH excluding ortho intramolecular Hbond substituents is 1. The van der Waals surface area contributed by atoms with Gasteiger partial charge in [-0.05, 0) is 18.2 Å². The van der Waals surface area contributed by atoms with Gasteiger partial charge in [-0.15, -0.1) is 10.2 Å². The first-order chi connectivity index (χ1) is 9.19. The Balaban J connectivity index is 2.12. The van der Waals surface area contributed by atoms with Crippen molar-refractivity contribution in [2.75, 3.05) is 7.11 Å². The second-order valence-corrected chi connectivity index (χ2v) is 4.77. The fourth-order valence-corrected chi connectivity index (χ4v) is 2.55. The number of aromatic hydroxyl groups is 1. The summed E-state index contributed by atoms with van der Waals surface area (Å²) in [6.45, 7) is 0.277. The number of hydrogen-bond donors (Lipinski definition) is 1. The molecule has 0 unspecified atom stereocenters. The first-order valence-corrected chi connectivity index (χ1v) is 6.19. The number of hydrogen-bond acceptors (Lipinski definition) is 6. The summed E-state index contributed by atoms with van der Waals surface area (Å²) in [5, 5.41) is 22.4. The molecule has 0 fully saturated rings. The van der Waals surface area contributed by atoms with Crippen LogP contribution in [0, 0.1) is 5.82 Å². The van der Waals surface area contributed by atoms with Gasteiger partial charge in [0, 0.05) is 7.11 Å². The van der Waals surface area contributed by atoms with Crippen molar-refractivity contribution in [3.63, 3.8) is 0 Å². The third kappa shape index (κ3) is 2.04. The van der Waals surface area contributed by atoms with E-state index in [9.17, 15) is 9.50 Å². The number of aromatic nitrogens is 4. The van der Waals surface area contributed by atoms with Crippen LogP contribution in [0.25, 0.3) is 15.5 Å². The van der Waals surface area contributed by atoms with Crippen LogP contribution < -0.4 is 0 Å². The van der Waals surface area contributed by atoms with Crippen molar-refractivity contribution in [1.29, 1.82) is 0 Å². The smallest absolute Gasteiger partial charge is 0.235 e. The van der Waals surface area contributed by atoms with Gasteiger partial charge >= 0.3 is 0 Å². The Morgan fingerprint density at radius 2 is 2.26 bits per heavy atom. The van der Waals surface area contributed by atoms with Crippen LogP contribution in [0.4, 0.5) is 4.39 Å². The Morgan fingerprint density at radius 1 is 1.42 bits per heavy atom. The normalized spacial score (nSPS) is 11.3. The summed E-state index contributed by atoms with van der Waals surface area (Å²) < 4.78 is 19.7. The van der Waals surface area contributed by atoms with Crippen LogP contribution in [-0.2, 0) is 11.3 Å². The highest BCUT2D eigenvalue weighted by atomic mass is 32.1. The summed E-state index contributed by atoms with van der Waals surface area (Å²) in [4.78, 5) is 0.561. The molecule has 6 nitrogen and oxygen atoms in total. The molecule has 0 aliphatic carbocycles. The zero-order valence-electron chi connectivity index (χ0n) is 9.87. The Morgan fingerprint density at radius 3 is 3.05 bits per heavy atom. The van der Waals surface area contributed by atoms with Crippen LogP contribution in [0.15, 0.2) is 18.2 Å². The fourth-order valence-electron chi connectivity index (χ4n) is 1.66. The van der Waals surface area contributed by atoms with Gasteiger partial charge in [0.05, 0.1) is 5.56 Å². The maximum absolute atomic E-state index is 13.2. The van der Waals surface area contributed by atoms with Crippen LogP contribution in [0.1, 0.15) is 5.82 Å². The Labute approximate surface area is 111 Å². The summed E-state index contributed by atoms with van der Waals surface area (Å²) >= 11 is 1.22. The highest BCUT2D eigenvalue weighted by Gasteiger charge is 2.15. The van der Waals surface area contributed by atoms with Crippen LogP contribution in [0.2, 0.25) is 0 Å². The van der Waals surface area contributed by atoms with Crippen LogP contribution in [0.3, 0.4) is 0 Å². The summed E-state index contributed by atoms with van der Waals surface area (Å²) in [6.07, 6.45) is 0. The quantitative estimate of drug-likeness (QED) is 0.792. The molecule has 2 heterocycles. The lowest BCUT2D eigenvalue weighted by molar-refractivity contribution is 0.176. The molecule has 19 heavy (non-hydrogen) atoms. The molecule has 1 aromatic carbocycles. The number of halogens is 1. The number of methoxy groups -OCH3 is 1. The molecular weight excluding hydrogens is 271 g/mol. The standard InChI is InChI=1S/C11H9FN4O2S/c1-18-5-9-13-14-11-16(9)15-10(19-11)7-4-6(12)2-3-8(7)17/h2-4,17H,5H2,1H3. The van der Waals surface area contributed by atoms with E-state index in [0.717, 1.165) is 0 Å². The second kappa shape index (κ2) is 4.56. The van der Waals surface area contributed by atoms with Crippen LogP contribution in [-0.4, -0.2) is 32.0 Å². The SMILES string of the molecule is COCc1nnc2sc(-c3cc(F)ccc3O)nn12. The largest absolute Gasteiger partial charge is 0.507 e. The van der Waals surface area contributed by atoms with Crippen molar-refractivity contribution in [3.8, 4) is 16.3 Å². The van der Waals surface area contributed by atoms with E-state index in [4.69, 9.17) is 4.74 Å². The number of rotatable bonds is 3. The molecule has 1 N–H and O–H groups in total. The highest BCUT2D eigenvalue weighted by Crippen LogP contribution is 2.32. The van der Waals surface area contributed by atoms with Crippen molar-refractivity contribution in [2.45, 2.75) is 6.61 Å². The van der Waals surface area contributed by atoms with Crippen LogP contribution in [0.5, 0.6) is 5.75 Å². The van der Waals surface area contributed by atoms with E-state index in [2.05, 4.69) is 15.3 Å². The molecule has 2 aromatic heterocycles. The second-order valence-electron chi connectivity index (χ2n) is 3.81. The minimum atomic E-state index is -0.434. The number of ether oxygens (including phenoxy) is 1. The summed E-state index contributed by atoms with van der Waals surface area (Å²) in [5.74, 6) is 0.0893. The van der Waals surface area contributed by atoms with Gasteiger partial charge < -0.3 is 9.84 Å². The number of phenols is 1. The molecule has 0 aliphatic rings. The molecule has 0 aliphatic heterocycles. The third-order valence-electron chi connectivity index (χ3n) is 2.52. The lowest BCUT2D eigenvalue weighted by atomic mass is 10.2. The molecule has 0 bridgehead atoms. The van der Waals surface area contributed by atoms with Gasteiger partial charge in [0.2, 0.25) is 4.96 Å². The lowest BCUT2D eigenvalue weighted by Gasteiger charge is -1.99. The van der Waals surface area contributed by atoms with Gasteiger partial charge in [-0.25, -0.2) is 4.39 Å². The lowest BCUT2D eigenvalue weighted by Crippen LogP contribution is -1.97. The van der Waals surface area contributed by atoms with Crippen molar-refractivity contribution < 1.29 is 14.2 Å². The van der Waals surface area contributed by atoms with Gasteiger partial charge in [0.25, 0.3) is 0 Å². The molecule has 3 rings (SSSR count). The zero-order valence-corrected chi connectivity index (χ0v) is 10.7. The molecule has 98 valence electrons. The Bertz CT molecular complexity index is 739. The van der Waals surface area contributed by atoms with Gasteiger partial charge in [0.1, 0.15) is 18.2 Å². The monoisotopic (exact) mass is 280 g/mol. The van der Waals surface area contributed by atoms with Gasteiger partial charge in [-0.3, -0.25) is 0 Å². The van der Waals surface area contributed by atoms with Crippen molar-refractivity contribution in [3.05, 3.63) is 29.8 Å². The van der Waals surface area contributed by atoms with E-state index in [0.29, 0.717) is 21.4 Å². The molecule has 8 heteroatoms. The van der Waals surface area contributed by atoms with Crippen molar-refractivity contribution >= 4 is 16.3 Å². The van der Waals surface area contributed by atoms with E-state index in [1.807, 2.05) is 0 Å². The molecule has 0 saturated carbocycles. The summed E-state index contributed by atoms with van der Waals surface area (Å²) in [7, 11) is 1.55. The average Bonchev–Trinajstić information content (AvgIpc) is 2.95. The Kier molecular flexibility index (Phi) is 2.88. The Hall–Kier alpha value is -2.06. The minimum Gasteiger partial charge on any atom is -0.507 e. The molecule has 0 spiro atoms. The van der Waals surface area contributed by atoms with Crippen molar-refractivity contribution in [2.24, 2.45) is 0 Å². The number of benzene rings is 1. The molecule has 0 atom stereocenters. The van der Waals surface area contributed by atoms with E-state index < -0.39 is 5.82 Å². The van der Waals surface area contributed by atoms with E-state index >= 15 is 0 Å². The summed E-state index contributed by atoms with van der Waals surface area (Å²) in [5.41, 5.74) is 0.332. The molecular formula is C11H9FN4O2S. The fraction of sp³-hybridized carbons (Fsp3) is 0.182. The predicted octanol–water partition coefficient (Wildman–Crippen LogP) is 1.84. The van der Waals surface area contributed by atoms with E-state index in [1.165, 1.54) is 34.1 Å². The molecule has 3 aromatic rings. The molecule has 0 saturated heterocycles. The molecule has 0 amide bonds. The summed E-state index contributed by atoms with van der Waals surface area (Å²) in [6, 6.07) is 3.72.